The van der Waals surface area contributed by atoms with Crippen LogP contribution in [-0.2, 0) is 11.0 Å². The number of carbonyl (C=O) groups is 1. The number of nitrogens with one attached hydrogen (secondary N) is 1. The number of hydrogen-bond donors (Lipinski definition) is 1. The van der Waals surface area contributed by atoms with Gasteiger partial charge in [0.25, 0.3) is 5.91 Å². The van der Waals surface area contributed by atoms with Crippen molar-refractivity contribution >= 4 is 29.0 Å². The van der Waals surface area contributed by atoms with Gasteiger partial charge in [-0.1, -0.05) is 80.1 Å². The van der Waals surface area contributed by atoms with Crippen molar-refractivity contribution in [2.24, 2.45) is 0 Å². The van der Waals surface area contributed by atoms with Crippen LogP contribution in [-0.4, -0.2) is 12.5 Å². The van der Waals surface area contributed by atoms with Crippen molar-refractivity contribution in [3.05, 3.63) is 90.0 Å². The van der Waals surface area contributed by atoms with E-state index in [1.165, 1.54) is 0 Å². The second-order valence-corrected chi connectivity index (χ2v) is 9.47. The van der Waals surface area contributed by atoms with Gasteiger partial charge in [-0.15, -0.1) is 0 Å². The normalized spacial score (nSPS) is 11.2. The van der Waals surface area contributed by atoms with Crippen molar-refractivity contribution in [2.45, 2.75) is 26.7 Å². The fraction of sp³-hybridized carbons (Fsp3) is 0.208. The van der Waals surface area contributed by atoms with E-state index >= 15 is 0 Å². The van der Waals surface area contributed by atoms with Gasteiger partial charge in [0.1, 0.15) is 0 Å². The molecule has 0 aliphatic rings. The molecule has 144 valence electrons. The van der Waals surface area contributed by atoms with Crippen LogP contribution in [0.25, 0.3) is 0 Å². The molecule has 3 aromatic carbocycles. The van der Waals surface area contributed by atoms with Gasteiger partial charge in [-0.25, -0.2) is 0 Å². The van der Waals surface area contributed by atoms with Crippen molar-refractivity contribution in [3.63, 3.8) is 0 Å². The van der Waals surface area contributed by atoms with E-state index < -0.39 is 7.14 Å². The van der Waals surface area contributed by atoms with Gasteiger partial charge in [0.2, 0.25) is 0 Å². The average molecular weight is 391 g/mol. The lowest BCUT2D eigenvalue weighted by molar-refractivity contribution is 0.0957. The van der Waals surface area contributed by atoms with Crippen LogP contribution >= 0.6 is 7.14 Å². The van der Waals surface area contributed by atoms with Crippen molar-refractivity contribution in [3.8, 4) is 0 Å². The van der Waals surface area contributed by atoms with E-state index in [9.17, 15) is 9.36 Å². The molecule has 0 fully saturated rings. The maximum atomic E-state index is 14.7. The van der Waals surface area contributed by atoms with Crippen LogP contribution in [0.4, 0.5) is 0 Å². The molecule has 0 aliphatic carbocycles. The molecule has 0 heterocycles. The lowest BCUT2D eigenvalue weighted by Crippen LogP contribution is -2.33. The molecular formula is C24H26NO2P. The molecule has 3 aromatic rings. The second kappa shape index (κ2) is 9.03. The lowest BCUT2D eigenvalue weighted by Gasteiger charge is -2.23. The maximum Gasteiger partial charge on any atom is 0.252 e. The minimum atomic E-state index is -3.20. The maximum absolute atomic E-state index is 14.7. The zero-order valence-electron chi connectivity index (χ0n) is 16.4. The Morgan fingerprint density at radius 1 is 0.857 bits per heavy atom. The van der Waals surface area contributed by atoms with E-state index in [2.05, 4.69) is 12.2 Å². The molecule has 1 N–H and O–H groups in total. The number of rotatable bonds is 7. The van der Waals surface area contributed by atoms with Crippen LogP contribution in [0.5, 0.6) is 0 Å². The first-order chi connectivity index (χ1) is 13.6. The van der Waals surface area contributed by atoms with E-state index in [-0.39, 0.29) is 5.91 Å². The van der Waals surface area contributed by atoms with Crippen LogP contribution in [0.2, 0.25) is 0 Å². The molecule has 1 amide bonds. The largest absolute Gasteiger partial charge is 0.352 e. The van der Waals surface area contributed by atoms with Gasteiger partial charge < -0.3 is 9.88 Å². The molecule has 0 atom stereocenters. The molecule has 28 heavy (non-hydrogen) atoms. The van der Waals surface area contributed by atoms with Gasteiger partial charge in [-0.3, -0.25) is 4.79 Å². The molecule has 0 bridgehead atoms. The molecule has 0 aromatic heterocycles. The standard InChI is InChI=1S/C24H26NO2P/c1-3-11-19-16-17-22(24(26)25-4-2)23(18-19)28(27,20-12-7-5-8-13-20)21-14-9-6-10-15-21/h5-10,12-18H,3-4,11H2,1-2H3,(H,25,26). The van der Waals surface area contributed by atoms with Gasteiger partial charge in [0.05, 0.1) is 5.56 Å². The third-order valence-electron chi connectivity index (χ3n) is 4.76. The van der Waals surface area contributed by atoms with E-state index in [4.69, 9.17) is 0 Å². The lowest BCUT2D eigenvalue weighted by atomic mass is 10.1. The third kappa shape index (κ3) is 3.95. The Morgan fingerprint density at radius 3 is 1.93 bits per heavy atom. The fourth-order valence-corrected chi connectivity index (χ4v) is 6.33. The average Bonchev–Trinajstić information content (AvgIpc) is 2.75. The summed E-state index contributed by atoms with van der Waals surface area (Å²) in [6.07, 6.45) is 1.87. The van der Waals surface area contributed by atoms with Crippen LogP contribution in [0, 0.1) is 0 Å². The fourth-order valence-electron chi connectivity index (χ4n) is 3.43. The highest BCUT2D eigenvalue weighted by molar-refractivity contribution is 7.85. The summed E-state index contributed by atoms with van der Waals surface area (Å²) in [7, 11) is -3.20. The van der Waals surface area contributed by atoms with E-state index in [1.807, 2.05) is 85.8 Å². The Bertz CT molecular complexity index is 941. The number of carbonyl (C=O) groups excluding carboxylic acids is 1. The predicted molar refractivity (Wildman–Crippen MR) is 118 cm³/mol. The Balaban J connectivity index is 2.32. The predicted octanol–water partition coefficient (Wildman–Crippen LogP) is 4.03. The Labute approximate surface area is 167 Å². The van der Waals surface area contributed by atoms with Crippen molar-refractivity contribution in [1.82, 2.24) is 5.32 Å². The molecule has 0 saturated carbocycles. The minimum absolute atomic E-state index is 0.187. The van der Waals surface area contributed by atoms with Gasteiger partial charge in [-0.2, -0.15) is 0 Å². The molecule has 0 unspecified atom stereocenters. The summed E-state index contributed by atoms with van der Waals surface area (Å²) < 4.78 is 14.7. The number of hydrogen-bond acceptors (Lipinski definition) is 2. The highest BCUT2D eigenvalue weighted by Crippen LogP contribution is 2.43. The van der Waals surface area contributed by atoms with Gasteiger partial charge >= 0.3 is 0 Å². The molecule has 3 rings (SSSR count). The molecule has 0 saturated heterocycles. The molecule has 4 heteroatoms. The molecule has 0 aliphatic heterocycles. The summed E-state index contributed by atoms with van der Waals surface area (Å²) >= 11 is 0. The zero-order valence-corrected chi connectivity index (χ0v) is 17.3. The summed E-state index contributed by atoms with van der Waals surface area (Å²) in [5.41, 5.74) is 1.58. The molecule has 3 nitrogen and oxygen atoms in total. The first kappa shape index (κ1) is 20.1. The van der Waals surface area contributed by atoms with Crippen molar-refractivity contribution < 1.29 is 9.36 Å². The van der Waals surface area contributed by atoms with E-state index in [1.54, 1.807) is 0 Å². The Kier molecular flexibility index (Phi) is 6.49. The second-order valence-electron chi connectivity index (χ2n) is 6.74. The Morgan fingerprint density at radius 2 is 1.43 bits per heavy atom. The summed E-state index contributed by atoms with van der Waals surface area (Å²) in [6.45, 7) is 4.53. The van der Waals surface area contributed by atoms with Crippen LogP contribution in [0.3, 0.4) is 0 Å². The number of benzene rings is 3. The van der Waals surface area contributed by atoms with Crippen LogP contribution in [0.1, 0.15) is 36.2 Å². The van der Waals surface area contributed by atoms with Crippen molar-refractivity contribution in [2.75, 3.05) is 6.54 Å². The summed E-state index contributed by atoms with van der Waals surface area (Å²) in [6, 6.07) is 24.7. The topological polar surface area (TPSA) is 46.2 Å². The monoisotopic (exact) mass is 391 g/mol. The molecule has 0 spiro atoms. The third-order valence-corrected chi connectivity index (χ3v) is 7.86. The van der Waals surface area contributed by atoms with Crippen LogP contribution < -0.4 is 21.2 Å². The zero-order chi connectivity index (χ0) is 20.0. The first-order valence-corrected chi connectivity index (χ1v) is 11.4. The highest BCUT2D eigenvalue weighted by atomic mass is 31.2. The van der Waals surface area contributed by atoms with Gasteiger partial charge in [0, 0.05) is 22.5 Å². The van der Waals surface area contributed by atoms with E-state index in [0.717, 1.165) is 29.0 Å². The summed E-state index contributed by atoms with van der Waals surface area (Å²) in [4.78, 5) is 12.8. The highest BCUT2D eigenvalue weighted by Gasteiger charge is 2.33. The SMILES string of the molecule is CCCc1ccc(C(=O)NCC)c(P(=O)(c2ccccc2)c2ccccc2)c1. The van der Waals surface area contributed by atoms with Gasteiger partial charge in [-0.05, 0) is 31.0 Å². The van der Waals surface area contributed by atoms with Gasteiger partial charge in [0.15, 0.2) is 7.14 Å². The summed E-state index contributed by atoms with van der Waals surface area (Å²) in [5.74, 6) is -0.187. The summed E-state index contributed by atoms with van der Waals surface area (Å²) in [5, 5.41) is 4.95. The van der Waals surface area contributed by atoms with Crippen LogP contribution in [0.15, 0.2) is 78.9 Å². The minimum Gasteiger partial charge on any atom is -0.352 e. The van der Waals surface area contributed by atoms with E-state index in [0.29, 0.717) is 17.4 Å². The van der Waals surface area contributed by atoms with Crippen molar-refractivity contribution in [1.29, 1.82) is 0 Å². The molecular weight excluding hydrogens is 365 g/mol. The smallest absolute Gasteiger partial charge is 0.252 e. The molecule has 0 radical (unpaired) electrons. The quantitative estimate of drug-likeness (QED) is 0.618. The Hall–Kier alpha value is -2.64. The number of aryl methyl sites for hydroxylation is 1. The number of amides is 1. The first-order valence-electron chi connectivity index (χ1n) is 9.74.